The molecule has 0 aliphatic carbocycles. The Morgan fingerprint density at radius 2 is 0.486 bits per heavy atom. The van der Waals surface area contributed by atoms with E-state index in [0.717, 1.165) is 96.1 Å². The number of nitrogen functional groups attached to an aromatic ring is 1. The average Bonchev–Trinajstić information content (AvgIpc) is 1.62. The van der Waals surface area contributed by atoms with Gasteiger partial charge in [-0.3, -0.25) is 0 Å². The number of nitrogens with one attached hydrogen (secondary N) is 2. The quantitative estimate of drug-likeness (QED) is 0.0479. The molecule has 738 valence electrons. The number of benzene rings is 20. The molecule has 16 heteroatoms. The first-order valence-electron chi connectivity index (χ1n) is 48.6. The monoisotopic (exact) mass is 2470 g/mol. The summed E-state index contributed by atoms with van der Waals surface area (Å²) in [6.45, 7) is 20.9. The van der Waals surface area contributed by atoms with Crippen molar-refractivity contribution < 1.29 is 9.31 Å². The first-order valence-corrected chi connectivity index (χ1v) is 55.1. The molecular weight excluding hydrogens is 2360 g/mol. The first-order chi connectivity index (χ1) is 71.4. The number of hydrogen-bond donors (Lipinski definition) is 3. The van der Waals surface area contributed by atoms with Gasteiger partial charge in [0, 0.05) is 85.6 Å². The summed E-state index contributed by atoms with van der Waals surface area (Å²) in [5, 5.41) is 9.21. The molecule has 1 aliphatic rings. The Morgan fingerprint density at radius 1 is 0.243 bits per heavy atom. The summed E-state index contributed by atoms with van der Waals surface area (Å²) in [6, 6.07) is 164. The summed E-state index contributed by atoms with van der Waals surface area (Å²) in [7, 11) is -0.315. The van der Waals surface area contributed by atoms with Gasteiger partial charge in [-0.25, -0.2) is 0 Å². The number of hydrogen-bond acceptors (Lipinski definition) is 6. The molecule has 4 N–H and O–H groups in total. The molecule has 0 radical (unpaired) electrons. The SMILES string of the molecule is CC1(C)OB(c2ccc(-c3ccc(Cl)cc3)cc2)OC1(C)C.Cc1cc(I)ccc1Br.Cc1cc(N(c2ccc(-c3ccccc3)cc2)c2ccc(-c3ccc(-c4ccc(Cl)cc4)cc3)c(C)c2)ccc1Br.Cc1cc(N)ccc1Br.Cc1cc(Nc2ccc(-c3ccccc3)cc2)ccc1-c1ccc(-c2ccc(Cl)cc2)cc1.Cc1cc(Nc2ccc(-c3ccccc3)cc2)ccc1Br.Ic1ccc(-c2ccccc2)cc1. The zero-order chi connectivity index (χ0) is 104. The molecule has 6 nitrogen and oxygen atoms in total. The lowest BCUT2D eigenvalue weighted by Gasteiger charge is -2.32. The molecule has 0 atom stereocenters. The van der Waals surface area contributed by atoms with E-state index in [-0.39, 0.29) is 18.3 Å². The molecule has 1 fully saturated rings. The molecular formula is C132H112BBr4Cl3I2N4O2. The standard InChI is InChI=1S/C38H29BrClN.C31H24ClN.C19H16BrN.C18H20BClO2.C12H9I.C7H6BrI.C7H8BrN/c1-26-24-35(20-22-37(26)32-10-8-29(9-11-32)30-12-16-33(40)17-13-30)41(36-21-23-38(39)27(2)25-36)34-18-14-31(15-19-34)28-6-4-3-5-7-28;1-22-21-30(33-29-17-13-26(14-18-29)23-5-3-2-4-6-23)19-20-31(22)27-9-7-24(8-10-27)25-11-15-28(32)16-12-25;1-14-13-18(11-12-19(14)20)21-17-9-7-16(8-10-17)15-5-3-2-4-6-15;1-17(2)18(3,4)22-19(21-17)15-9-5-13(6-10-15)14-7-11-16(20)12-8-14;13-12-8-6-11(7-9-12)10-4-2-1-3-5-10;2*1-5-4-6(9)2-3-7(5)8/h3-25H,1-2H3;2-21,33H,1H3;2-13,21H,1H3;5-12H,1-4H3;1-9H;2-4H,1H3;2-4H,9H2,1H3. The van der Waals surface area contributed by atoms with Crippen molar-refractivity contribution in [3.8, 4) is 100 Å². The summed E-state index contributed by atoms with van der Waals surface area (Å²) in [4.78, 5) is 2.33. The molecule has 0 saturated carbocycles. The third kappa shape index (κ3) is 30.8. The lowest BCUT2D eigenvalue weighted by Crippen LogP contribution is -2.41. The highest BCUT2D eigenvalue weighted by Gasteiger charge is 2.51. The molecule has 20 aromatic rings. The van der Waals surface area contributed by atoms with Gasteiger partial charge in [-0.2, -0.15) is 0 Å². The van der Waals surface area contributed by atoms with Gasteiger partial charge >= 0.3 is 7.12 Å². The second-order valence-electron chi connectivity index (χ2n) is 37.0. The van der Waals surface area contributed by atoms with Gasteiger partial charge < -0.3 is 30.6 Å². The second kappa shape index (κ2) is 52.8. The minimum Gasteiger partial charge on any atom is -0.399 e. The molecule has 1 heterocycles. The summed E-state index contributed by atoms with van der Waals surface area (Å²) >= 11 is 36.6. The molecule has 0 bridgehead atoms. The van der Waals surface area contributed by atoms with Crippen LogP contribution in [0.25, 0.3) is 100 Å². The largest absolute Gasteiger partial charge is 0.494 e. The predicted molar refractivity (Wildman–Crippen MR) is 668 cm³/mol. The van der Waals surface area contributed by atoms with Gasteiger partial charge in [-0.1, -0.05) is 390 Å². The predicted octanol–water partition coefficient (Wildman–Crippen LogP) is 41.7. The Balaban J connectivity index is 0.000000137. The van der Waals surface area contributed by atoms with Crippen LogP contribution in [0.4, 0.5) is 45.5 Å². The molecule has 20 aromatic carbocycles. The highest BCUT2D eigenvalue weighted by molar-refractivity contribution is 14.1. The van der Waals surface area contributed by atoms with Crippen molar-refractivity contribution in [3.63, 3.8) is 0 Å². The van der Waals surface area contributed by atoms with Crippen LogP contribution >= 0.6 is 144 Å². The maximum absolute atomic E-state index is 6.08. The van der Waals surface area contributed by atoms with Crippen LogP contribution in [-0.2, 0) is 9.31 Å². The Hall–Kier alpha value is -12.2. The van der Waals surface area contributed by atoms with Gasteiger partial charge in [0.05, 0.1) is 11.2 Å². The minimum atomic E-state index is -0.315. The summed E-state index contributed by atoms with van der Waals surface area (Å²) in [6.07, 6.45) is 0. The van der Waals surface area contributed by atoms with E-state index in [2.05, 4.69) is 575 Å². The van der Waals surface area contributed by atoms with E-state index in [1.54, 1.807) is 0 Å². The van der Waals surface area contributed by atoms with Crippen molar-refractivity contribution in [1.82, 2.24) is 0 Å². The number of nitrogens with zero attached hydrogens (tertiary/aromatic N) is 1. The molecule has 148 heavy (non-hydrogen) atoms. The number of nitrogens with two attached hydrogens (primary N) is 1. The Labute approximate surface area is 949 Å². The van der Waals surface area contributed by atoms with Crippen molar-refractivity contribution in [2.75, 3.05) is 21.3 Å². The number of anilines is 8. The third-order valence-electron chi connectivity index (χ3n) is 25.7. The first kappa shape index (κ1) is 110. The number of halogens is 9. The van der Waals surface area contributed by atoms with Gasteiger partial charge in [0.15, 0.2) is 0 Å². The van der Waals surface area contributed by atoms with Crippen molar-refractivity contribution in [3.05, 3.63) is 547 Å². The molecule has 1 saturated heterocycles. The molecule has 0 unspecified atom stereocenters. The summed E-state index contributed by atoms with van der Waals surface area (Å²) in [5.74, 6) is 0. The number of rotatable bonds is 17. The third-order valence-corrected chi connectivity index (χ3v) is 31.4. The van der Waals surface area contributed by atoms with Gasteiger partial charge in [0.1, 0.15) is 0 Å². The Morgan fingerprint density at radius 3 is 0.824 bits per heavy atom. The van der Waals surface area contributed by atoms with Crippen LogP contribution in [0.1, 0.15) is 61.1 Å². The summed E-state index contributed by atoms with van der Waals surface area (Å²) in [5.41, 5.74) is 43.5. The number of aryl methyl sites for hydroxylation is 6. The average molecular weight is 2480 g/mol. The Bertz CT molecular complexity index is 7680. The van der Waals surface area contributed by atoms with Gasteiger partial charge in [-0.15, -0.1) is 0 Å². The van der Waals surface area contributed by atoms with Gasteiger partial charge in [0.2, 0.25) is 0 Å². The van der Waals surface area contributed by atoms with Crippen LogP contribution in [0.2, 0.25) is 15.1 Å². The maximum atomic E-state index is 6.08. The zero-order valence-corrected chi connectivity index (χ0v) is 96.8. The molecule has 21 rings (SSSR count). The molecule has 0 amide bonds. The van der Waals surface area contributed by atoms with E-state index in [1.165, 1.54) is 128 Å². The lowest BCUT2D eigenvalue weighted by atomic mass is 9.78. The van der Waals surface area contributed by atoms with E-state index in [1.807, 2.05) is 91.9 Å². The van der Waals surface area contributed by atoms with Crippen molar-refractivity contribution in [2.24, 2.45) is 0 Å². The highest BCUT2D eigenvalue weighted by Crippen LogP contribution is 2.43. The van der Waals surface area contributed by atoms with E-state index in [9.17, 15) is 0 Å². The maximum Gasteiger partial charge on any atom is 0.494 e. The van der Waals surface area contributed by atoms with Crippen LogP contribution in [0, 0.1) is 48.7 Å². The van der Waals surface area contributed by atoms with Crippen LogP contribution in [0.5, 0.6) is 0 Å². The van der Waals surface area contributed by atoms with Crippen LogP contribution in [0.15, 0.2) is 491 Å². The molecule has 1 aliphatic heterocycles. The lowest BCUT2D eigenvalue weighted by molar-refractivity contribution is 0.00578. The van der Waals surface area contributed by atoms with Crippen LogP contribution in [0.3, 0.4) is 0 Å². The van der Waals surface area contributed by atoms with Crippen LogP contribution in [-0.4, -0.2) is 18.3 Å². The van der Waals surface area contributed by atoms with Crippen LogP contribution < -0.4 is 26.7 Å². The minimum absolute atomic E-state index is 0.313. The van der Waals surface area contributed by atoms with E-state index in [0.29, 0.717) is 0 Å². The Kier molecular flexibility index (Phi) is 39.3. The van der Waals surface area contributed by atoms with E-state index >= 15 is 0 Å². The van der Waals surface area contributed by atoms with Gasteiger partial charge in [-0.05, 0) is 435 Å². The smallest absolute Gasteiger partial charge is 0.399 e. The molecule has 0 aromatic heterocycles. The van der Waals surface area contributed by atoms with Crippen molar-refractivity contribution >= 4 is 202 Å². The van der Waals surface area contributed by atoms with E-state index in [4.69, 9.17) is 49.8 Å². The zero-order valence-electron chi connectivity index (χ0n) is 83.9. The van der Waals surface area contributed by atoms with Gasteiger partial charge in [0.25, 0.3) is 0 Å². The fraction of sp³-hybridized carbons (Fsp3) is 0.0909. The van der Waals surface area contributed by atoms with E-state index < -0.39 is 0 Å². The highest BCUT2D eigenvalue weighted by atomic mass is 127. The van der Waals surface area contributed by atoms with Crippen molar-refractivity contribution in [2.45, 2.75) is 80.4 Å². The molecule has 0 spiro atoms. The second-order valence-corrected chi connectivity index (χ2v) is 44.2. The summed E-state index contributed by atoms with van der Waals surface area (Å²) < 4.78 is 19.2. The topological polar surface area (TPSA) is 71.8 Å². The van der Waals surface area contributed by atoms with Crippen molar-refractivity contribution in [1.29, 1.82) is 0 Å². The fourth-order valence-electron chi connectivity index (χ4n) is 16.6. The fourth-order valence-corrected chi connectivity index (χ4v) is 19.0. The normalized spacial score (nSPS) is 11.8.